The van der Waals surface area contributed by atoms with Gasteiger partial charge in [-0.1, -0.05) is 23.8 Å². The largest absolute Gasteiger partial charge is 0.493 e. The number of methoxy groups -OCH3 is 2. The lowest BCUT2D eigenvalue weighted by atomic mass is 9.99. The van der Waals surface area contributed by atoms with E-state index in [1.807, 2.05) is 38.1 Å². The van der Waals surface area contributed by atoms with Crippen molar-refractivity contribution < 1.29 is 23.5 Å². The van der Waals surface area contributed by atoms with Crippen LogP contribution >= 0.6 is 11.8 Å². The maximum atomic E-state index is 13.6. The number of hydrogen-bond acceptors (Lipinski definition) is 6. The van der Waals surface area contributed by atoms with Crippen molar-refractivity contribution in [3.8, 4) is 11.5 Å². The van der Waals surface area contributed by atoms with Gasteiger partial charge >= 0.3 is 0 Å². The molecule has 0 bridgehead atoms. The van der Waals surface area contributed by atoms with Crippen LogP contribution in [0.15, 0.2) is 64.1 Å². The fourth-order valence-electron chi connectivity index (χ4n) is 3.71. The van der Waals surface area contributed by atoms with Crippen molar-refractivity contribution in [1.29, 1.82) is 0 Å². The summed E-state index contributed by atoms with van der Waals surface area (Å²) in [7, 11) is 3.05. The first-order valence-corrected chi connectivity index (χ1v) is 11.0. The normalized spacial score (nSPS) is 13.8. The van der Waals surface area contributed by atoms with E-state index in [2.05, 4.69) is 0 Å². The molecular formula is C25H23NO5S. The van der Waals surface area contributed by atoms with E-state index in [1.165, 1.54) is 30.9 Å². The zero-order chi connectivity index (χ0) is 22.8. The highest BCUT2D eigenvalue weighted by Crippen LogP contribution is 2.42. The molecule has 2 heterocycles. The lowest BCUT2D eigenvalue weighted by Crippen LogP contribution is -2.31. The van der Waals surface area contributed by atoms with Crippen LogP contribution in [0, 0.1) is 13.8 Å². The molecule has 0 atom stereocenters. The van der Waals surface area contributed by atoms with E-state index in [9.17, 15) is 9.59 Å². The van der Waals surface area contributed by atoms with Crippen LogP contribution in [-0.2, 0) is 15.3 Å². The topological polar surface area (TPSA) is 69.0 Å². The number of carbonyl (C=O) groups is 2. The highest BCUT2D eigenvalue weighted by Gasteiger charge is 2.41. The van der Waals surface area contributed by atoms with Gasteiger partial charge in [0.15, 0.2) is 11.5 Å². The van der Waals surface area contributed by atoms with Crippen molar-refractivity contribution in [3.63, 3.8) is 0 Å². The molecule has 4 rings (SSSR count). The average Bonchev–Trinajstić information content (AvgIpc) is 3.38. The number of carbonyl (C=O) groups excluding carboxylic acids is 2. The van der Waals surface area contributed by atoms with E-state index >= 15 is 0 Å². The van der Waals surface area contributed by atoms with Crippen LogP contribution in [0.5, 0.6) is 11.5 Å². The molecule has 0 radical (unpaired) electrons. The van der Waals surface area contributed by atoms with E-state index in [0.717, 1.165) is 22.5 Å². The van der Waals surface area contributed by atoms with Crippen LogP contribution in [0.25, 0.3) is 5.57 Å². The molecule has 2 aromatic carbocycles. The molecule has 0 aliphatic carbocycles. The molecule has 0 spiro atoms. The molecule has 0 fully saturated rings. The summed E-state index contributed by atoms with van der Waals surface area (Å²) in [5.74, 6) is 1.40. The third-order valence-corrected chi connectivity index (χ3v) is 6.35. The number of aryl methyl sites for hydroxylation is 2. The number of rotatable bonds is 7. The molecule has 32 heavy (non-hydrogen) atoms. The summed E-state index contributed by atoms with van der Waals surface area (Å²) in [4.78, 5) is 28.7. The summed E-state index contributed by atoms with van der Waals surface area (Å²) in [6.45, 7) is 3.94. The molecule has 0 N–H and O–H groups in total. The van der Waals surface area contributed by atoms with Gasteiger partial charge in [-0.05, 0) is 49.2 Å². The summed E-state index contributed by atoms with van der Waals surface area (Å²) in [5.41, 5.74) is 3.60. The van der Waals surface area contributed by atoms with Gasteiger partial charge in [-0.3, -0.25) is 9.59 Å². The van der Waals surface area contributed by atoms with Crippen molar-refractivity contribution in [3.05, 3.63) is 82.1 Å². The van der Waals surface area contributed by atoms with Crippen LogP contribution in [0.1, 0.15) is 22.5 Å². The number of hydrogen-bond donors (Lipinski definition) is 0. The zero-order valence-electron chi connectivity index (χ0n) is 18.3. The van der Waals surface area contributed by atoms with Crippen molar-refractivity contribution >= 4 is 34.8 Å². The Bertz CT molecular complexity index is 1210. The Labute approximate surface area is 190 Å². The van der Waals surface area contributed by atoms with Gasteiger partial charge in [-0.2, -0.15) is 0 Å². The molecule has 1 aromatic heterocycles. The fraction of sp³-hybridized carbons (Fsp3) is 0.200. The van der Waals surface area contributed by atoms with Crippen LogP contribution in [0.4, 0.5) is 5.69 Å². The minimum absolute atomic E-state index is 0.365. The standard InChI is InChI=1S/C25H23NO5S/c1-15-7-9-19(16(2)12-15)22-23(32-14-18-6-5-11-31-18)25(28)26(24(22)27)17-8-10-20(29-3)21(13-17)30-4/h5-13H,14H2,1-4H3. The van der Waals surface area contributed by atoms with Crippen molar-refractivity contribution in [1.82, 2.24) is 0 Å². The highest BCUT2D eigenvalue weighted by molar-refractivity contribution is 8.03. The van der Waals surface area contributed by atoms with E-state index in [1.54, 1.807) is 30.5 Å². The summed E-state index contributed by atoms with van der Waals surface area (Å²) in [5, 5.41) is 0. The molecule has 0 saturated carbocycles. The van der Waals surface area contributed by atoms with Crippen LogP contribution in [0.2, 0.25) is 0 Å². The van der Waals surface area contributed by atoms with Crippen LogP contribution in [-0.4, -0.2) is 26.0 Å². The monoisotopic (exact) mass is 449 g/mol. The Balaban J connectivity index is 1.79. The number of amides is 2. The number of furan rings is 1. The van der Waals surface area contributed by atoms with Gasteiger partial charge in [-0.25, -0.2) is 4.90 Å². The summed E-state index contributed by atoms with van der Waals surface area (Å²) in [6, 6.07) is 14.5. The third-order valence-electron chi connectivity index (χ3n) is 5.26. The van der Waals surface area contributed by atoms with Crippen molar-refractivity contribution in [2.75, 3.05) is 19.1 Å². The highest BCUT2D eigenvalue weighted by atomic mass is 32.2. The maximum Gasteiger partial charge on any atom is 0.272 e. The minimum atomic E-state index is -0.367. The lowest BCUT2D eigenvalue weighted by molar-refractivity contribution is -0.119. The van der Waals surface area contributed by atoms with Gasteiger partial charge in [-0.15, -0.1) is 11.8 Å². The third kappa shape index (κ3) is 3.91. The Hall–Kier alpha value is -3.45. The molecule has 7 heteroatoms. The SMILES string of the molecule is COc1ccc(N2C(=O)C(SCc3ccco3)=C(c3ccc(C)cc3C)C2=O)cc1OC. The number of anilines is 1. The smallest absolute Gasteiger partial charge is 0.272 e. The Morgan fingerprint density at radius 3 is 2.38 bits per heavy atom. The molecule has 6 nitrogen and oxygen atoms in total. The van der Waals surface area contributed by atoms with E-state index in [4.69, 9.17) is 13.9 Å². The average molecular weight is 450 g/mol. The molecule has 0 saturated heterocycles. The number of ether oxygens (including phenoxy) is 2. The molecular weight excluding hydrogens is 426 g/mol. The predicted molar refractivity (Wildman–Crippen MR) is 125 cm³/mol. The molecule has 164 valence electrons. The summed E-state index contributed by atoms with van der Waals surface area (Å²) < 4.78 is 16.1. The maximum absolute atomic E-state index is 13.6. The van der Waals surface area contributed by atoms with Crippen molar-refractivity contribution in [2.24, 2.45) is 0 Å². The first-order valence-electron chi connectivity index (χ1n) is 10.0. The number of benzene rings is 2. The van der Waals surface area contributed by atoms with Crippen molar-refractivity contribution in [2.45, 2.75) is 19.6 Å². The second kappa shape index (κ2) is 8.96. The van der Waals surface area contributed by atoms with E-state index < -0.39 is 0 Å². The quantitative estimate of drug-likeness (QED) is 0.466. The van der Waals surface area contributed by atoms with E-state index in [0.29, 0.717) is 33.4 Å². The van der Waals surface area contributed by atoms with Crippen LogP contribution < -0.4 is 14.4 Å². The summed E-state index contributed by atoms with van der Waals surface area (Å²) in [6.07, 6.45) is 1.59. The van der Waals surface area contributed by atoms with E-state index in [-0.39, 0.29) is 11.8 Å². The Morgan fingerprint density at radius 1 is 0.938 bits per heavy atom. The molecule has 2 amide bonds. The summed E-state index contributed by atoms with van der Waals surface area (Å²) >= 11 is 1.30. The second-order valence-electron chi connectivity index (χ2n) is 7.38. The van der Waals surface area contributed by atoms with Gasteiger partial charge in [0, 0.05) is 6.07 Å². The van der Waals surface area contributed by atoms with Gasteiger partial charge < -0.3 is 13.9 Å². The molecule has 3 aromatic rings. The number of imide groups is 1. The Morgan fingerprint density at radius 2 is 1.72 bits per heavy atom. The zero-order valence-corrected chi connectivity index (χ0v) is 19.1. The first kappa shape index (κ1) is 21.8. The van der Waals surface area contributed by atoms with Gasteiger partial charge in [0.2, 0.25) is 0 Å². The molecule has 1 aliphatic rings. The fourth-order valence-corrected chi connectivity index (χ4v) is 4.72. The number of nitrogens with zero attached hydrogens (tertiary/aromatic N) is 1. The Kier molecular flexibility index (Phi) is 6.10. The van der Waals surface area contributed by atoms with Gasteiger partial charge in [0.05, 0.1) is 42.4 Å². The second-order valence-corrected chi connectivity index (χ2v) is 8.36. The van der Waals surface area contributed by atoms with Gasteiger partial charge in [0.25, 0.3) is 11.8 Å². The minimum Gasteiger partial charge on any atom is -0.493 e. The lowest BCUT2D eigenvalue weighted by Gasteiger charge is -2.17. The number of thioether (sulfide) groups is 1. The molecule has 0 unspecified atom stereocenters. The van der Waals surface area contributed by atoms with Crippen LogP contribution in [0.3, 0.4) is 0 Å². The van der Waals surface area contributed by atoms with Gasteiger partial charge in [0.1, 0.15) is 5.76 Å². The molecule has 1 aliphatic heterocycles. The first-order chi connectivity index (χ1) is 15.4. The predicted octanol–water partition coefficient (Wildman–Crippen LogP) is 5.13.